The molecule has 3 rings (SSSR count). The van der Waals surface area contributed by atoms with E-state index in [0.717, 1.165) is 44.1 Å². The van der Waals surface area contributed by atoms with Crippen molar-refractivity contribution in [1.29, 1.82) is 0 Å². The Morgan fingerprint density at radius 3 is 3.00 bits per heavy atom. The van der Waals surface area contributed by atoms with Gasteiger partial charge in [-0.25, -0.2) is 0 Å². The Labute approximate surface area is 147 Å². The lowest BCUT2D eigenvalue weighted by atomic mass is 10.2. The summed E-state index contributed by atoms with van der Waals surface area (Å²) in [6, 6.07) is 7.58. The van der Waals surface area contributed by atoms with E-state index in [2.05, 4.69) is 26.9 Å². The molecule has 0 radical (unpaired) electrons. The molecule has 25 heavy (non-hydrogen) atoms. The Morgan fingerprint density at radius 2 is 2.28 bits per heavy atom. The van der Waals surface area contributed by atoms with Gasteiger partial charge in [0, 0.05) is 58.2 Å². The Kier molecular flexibility index (Phi) is 5.78. The van der Waals surface area contributed by atoms with E-state index in [9.17, 15) is 4.79 Å². The van der Waals surface area contributed by atoms with Crippen LogP contribution >= 0.6 is 0 Å². The lowest BCUT2D eigenvalue weighted by Gasteiger charge is -2.35. The summed E-state index contributed by atoms with van der Waals surface area (Å²) >= 11 is 0. The van der Waals surface area contributed by atoms with E-state index < -0.39 is 0 Å². The predicted molar refractivity (Wildman–Crippen MR) is 96.6 cm³/mol. The van der Waals surface area contributed by atoms with Crippen LogP contribution in [0.15, 0.2) is 41.5 Å². The third-order valence-corrected chi connectivity index (χ3v) is 4.49. The van der Waals surface area contributed by atoms with Gasteiger partial charge in [-0.2, -0.15) is 5.10 Å². The van der Waals surface area contributed by atoms with Gasteiger partial charge in [0.2, 0.25) is 0 Å². The van der Waals surface area contributed by atoms with E-state index in [4.69, 9.17) is 4.74 Å². The van der Waals surface area contributed by atoms with Crippen LogP contribution in [-0.2, 0) is 18.3 Å². The number of aryl methyl sites for hydroxylation is 1. The Bertz CT molecular complexity index is 734. The summed E-state index contributed by atoms with van der Waals surface area (Å²) in [4.78, 5) is 16.3. The van der Waals surface area contributed by atoms with Crippen LogP contribution in [0.3, 0.4) is 0 Å². The van der Waals surface area contributed by atoms with Gasteiger partial charge in [-0.15, -0.1) is 5.10 Å². The zero-order valence-corrected chi connectivity index (χ0v) is 14.8. The number of nitrogens with zero attached hydrogens (tertiary/aromatic N) is 5. The molecule has 0 amide bonds. The average Bonchev–Trinajstić information content (AvgIpc) is 2.64. The zero-order valence-electron chi connectivity index (χ0n) is 14.8. The third kappa shape index (κ3) is 4.64. The molecular weight excluding hydrogens is 318 g/mol. The second-order valence-electron chi connectivity index (χ2n) is 6.33. The Morgan fingerprint density at radius 1 is 1.40 bits per heavy atom. The molecule has 1 saturated heterocycles. The van der Waals surface area contributed by atoms with Crippen LogP contribution in [-0.4, -0.2) is 58.6 Å². The van der Waals surface area contributed by atoms with Gasteiger partial charge in [0.25, 0.3) is 5.56 Å². The topological polar surface area (TPSA) is 63.5 Å². The van der Waals surface area contributed by atoms with E-state index in [-0.39, 0.29) is 11.7 Å². The molecule has 134 valence electrons. The van der Waals surface area contributed by atoms with E-state index in [1.807, 2.05) is 24.4 Å². The Balaban J connectivity index is 1.60. The molecule has 0 aromatic carbocycles. The lowest BCUT2D eigenvalue weighted by molar-refractivity contribution is -0.0268. The minimum Gasteiger partial charge on any atom is -0.374 e. The molecule has 1 atom stereocenters. The highest BCUT2D eigenvalue weighted by molar-refractivity contribution is 5.36. The molecule has 0 spiro atoms. The highest BCUT2D eigenvalue weighted by atomic mass is 16.5. The first-order valence-electron chi connectivity index (χ1n) is 8.68. The largest absolute Gasteiger partial charge is 0.374 e. The maximum atomic E-state index is 11.8. The fourth-order valence-corrected chi connectivity index (χ4v) is 3.07. The van der Waals surface area contributed by atoms with Gasteiger partial charge >= 0.3 is 0 Å². The summed E-state index contributed by atoms with van der Waals surface area (Å²) < 4.78 is 7.53. The average molecular weight is 343 g/mol. The molecule has 0 aliphatic carbocycles. The van der Waals surface area contributed by atoms with Crippen molar-refractivity contribution in [3.63, 3.8) is 0 Å². The van der Waals surface area contributed by atoms with E-state index in [1.54, 1.807) is 23.9 Å². The summed E-state index contributed by atoms with van der Waals surface area (Å²) in [7, 11) is 1.77. The fraction of sp³-hybridized carbons (Fsp3) is 0.500. The van der Waals surface area contributed by atoms with Gasteiger partial charge in [-0.05, 0) is 30.7 Å². The van der Waals surface area contributed by atoms with Crippen molar-refractivity contribution < 1.29 is 4.74 Å². The Hall–Kier alpha value is -2.25. The summed E-state index contributed by atoms with van der Waals surface area (Å²) in [6.45, 7) is 6.93. The van der Waals surface area contributed by atoms with Gasteiger partial charge in [0.15, 0.2) is 5.82 Å². The number of aromatic nitrogens is 3. The monoisotopic (exact) mass is 343 g/mol. The van der Waals surface area contributed by atoms with Crippen LogP contribution in [0.1, 0.15) is 12.5 Å². The normalized spacial score (nSPS) is 18.2. The van der Waals surface area contributed by atoms with Crippen molar-refractivity contribution in [2.45, 2.75) is 19.6 Å². The van der Waals surface area contributed by atoms with Crippen LogP contribution in [0.2, 0.25) is 0 Å². The minimum atomic E-state index is 0.0297. The van der Waals surface area contributed by atoms with Crippen LogP contribution < -0.4 is 10.5 Å². The summed E-state index contributed by atoms with van der Waals surface area (Å²) in [5.74, 6) is 0.872. The molecule has 2 aromatic rings. The highest BCUT2D eigenvalue weighted by Crippen LogP contribution is 2.14. The maximum absolute atomic E-state index is 11.8. The lowest BCUT2D eigenvalue weighted by Crippen LogP contribution is -2.47. The quantitative estimate of drug-likeness (QED) is 0.777. The fourth-order valence-electron chi connectivity index (χ4n) is 3.07. The first kappa shape index (κ1) is 17.6. The van der Waals surface area contributed by atoms with Gasteiger partial charge in [-0.3, -0.25) is 9.69 Å². The summed E-state index contributed by atoms with van der Waals surface area (Å²) in [6.07, 6.45) is 3.62. The van der Waals surface area contributed by atoms with Crippen molar-refractivity contribution >= 4 is 5.82 Å². The van der Waals surface area contributed by atoms with Crippen molar-refractivity contribution in [2.24, 2.45) is 7.05 Å². The van der Waals surface area contributed by atoms with Crippen molar-refractivity contribution in [1.82, 2.24) is 19.7 Å². The molecule has 1 aliphatic heterocycles. The number of hydrogen-bond donors (Lipinski definition) is 0. The second kappa shape index (κ2) is 8.22. The number of likely N-dealkylation sites (N-methyl/N-ethyl adjacent to an activating group) is 1. The third-order valence-electron chi connectivity index (χ3n) is 4.49. The van der Waals surface area contributed by atoms with Gasteiger partial charge in [0.05, 0.1) is 12.7 Å². The molecule has 7 nitrogen and oxygen atoms in total. The molecule has 7 heteroatoms. The zero-order chi connectivity index (χ0) is 17.6. The highest BCUT2D eigenvalue weighted by Gasteiger charge is 2.23. The molecule has 0 bridgehead atoms. The van der Waals surface area contributed by atoms with Gasteiger partial charge < -0.3 is 14.2 Å². The molecule has 2 aromatic heterocycles. The van der Waals surface area contributed by atoms with Crippen molar-refractivity contribution in [3.05, 3.63) is 52.6 Å². The van der Waals surface area contributed by atoms with E-state index in [0.29, 0.717) is 6.61 Å². The smallest absolute Gasteiger partial charge is 0.250 e. The SMILES string of the molecule is CCN(CC1CN(Cc2ccn(C)c(=O)c2)CCO1)c1cccnn1. The number of hydrogen-bond acceptors (Lipinski definition) is 6. The molecule has 1 unspecified atom stereocenters. The molecule has 0 N–H and O–H groups in total. The van der Waals surface area contributed by atoms with E-state index >= 15 is 0 Å². The molecule has 1 aliphatic rings. The summed E-state index contributed by atoms with van der Waals surface area (Å²) in [5, 5.41) is 8.15. The maximum Gasteiger partial charge on any atom is 0.250 e. The number of pyridine rings is 1. The standard InChI is InChI=1S/C18H25N5O2/c1-3-23(17-5-4-7-19-20-17)14-16-13-22(9-10-25-16)12-15-6-8-21(2)18(24)11-15/h4-8,11,16H,3,9-10,12-14H2,1-2H3. The van der Waals surface area contributed by atoms with Crippen LogP contribution in [0.4, 0.5) is 5.82 Å². The number of rotatable bonds is 6. The van der Waals surface area contributed by atoms with Crippen LogP contribution in [0.25, 0.3) is 0 Å². The van der Waals surface area contributed by atoms with Gasteiger partial charge in [0.1, 0.15) is 0 Å². The molecular formula is C18H25N5O2. The first-order chi connectivity index (χ1) is 12.2. The van der Waals surface area contributed by atoms with E-state index in [1.165, 1.54) is 0 Å². The number of anilines is 1. The van der Waals surface area contributed by atoms with Crippen LogP contribution in [0, 0.1) is 0 Å². The molecule has 0 saturated carbocycles. The predicted octanol–water partition coefficient (Wildman–Crippen LogP) is 0.903. The number of ether oxygens (including phenoxy) is 1. The van der Waals surface area contributed by atoms with Gasteiger partial charge in [-0.1, -0.05) is 0 Å². The first-order valence-corrected chi connectivity index (χ1v) is 8.68. The molecule has 1 fully saturated rings. The van der Waals surface area contributed by atoms with Crippen molar-refractivity contribution in [3.8, 4) is 0 Å². The second-order valence-corrected chi connectivity index (χ2v) is 6.33. The minimum absolute atomic E-state index is 0.0297. The van der Waals surface area contributed by atoms with Crippen LogP contribution in [0.5, 0.6) is 0 Å². The summed E-state index contributed by atoms with van der Waals surface area (Å²) in [5.41, 5.74) is 1.08. The number of morpholine rings is 1. The molecule has 3 heterocycles. The van der Waals surface area contributed by atoms with Crippen molar-refractivity contribution in [2.75, 3.05) is 37.7 Å².